The lowest BCUT2D eigenvalue weighted by Crippen LogP contribution is -2.14. The zero-order valence-electron chi connectivity index (χ0n) is 7.17. The maximum Gasteiger partial charge on any atom is 0.226 e. The smallest absolute Gasteiger partial charge is 0.226 e. The van der Waals surface area contributed by atoms with Crippen molar-refractivity contribution in [1.29, 1.82) is 0 Å². The van der Waals surface area contributed by atoms with Gasteiger partial charge in [-0.3, -0.25) is 0 Å². The second-order valence-electron chi connectivity index (χ2n) is 3.53. The Labute approximate surface area is 71.2 Å². The first kappa shape index (κ1) is 7.74. The molecule has 0 spiro atoms. The number of alkyl halides is 1. The van der Waals surface area contributed by atoms with Crippen LogP contribution in [-0.2, 0) is 10.3 Å². The van der Waals surface area contributed by atoms with Gasteiger partial charge in [0.05, 0.1) is 5.60 Å². The Bertz CT molecular complexity index is 306. The molecule has 1 nitrogen and oxygen atoms in total. The van der Waals surface area contributed by atoms with Gasteiger partial charge in [0.2, 0.25) is 6.36 Å². The second kappa shape index (κ2) is 2.30. The van der Waals surface area contributed by atoms with E-state index >= 15 is 0 Å². The van der Waals surface area contributed by atoms with Gasteiger partial charge in [-0.1, -0.05) is 24.3 Å². The van der Waals surface area contributed by atoms with Gasteiger partial charge in [0, 0.05) is 5.56 Å². The van der Waals surface area contributed by atoms with E-state index in [0.717, 1.165) is 5.56 Å². The Morgan fingerprint density at radius 1 is 1.33 bits per heavy atom. The number of rotatable bonds is 0. The molecule has 2 heteroatoms. The van der Waals surface area contributed by atoms with Crippen LogP contribution in [0.2, 0.25) is 0 Å². The van der Waals surface area contributed by atoms with E-state index in [2.05, 4.69) is 0 Å². The van der Waals surface area contributed by atoms with Crippen LogP contribution in [0.15, 0.2) is 24.3 Å². The number of halogens is 1. The van der Waals surface area contributed by atoms with Gasteiger partial charge in [-0.25, -0.2) is 4.39 Å². The van der Waals surface area contributed by atoms with E-state index in [9.17, 15) is 4.39 Å². The van der Waals surface area contributed by atoms with Crippen molar-refractivity contribution in [2.75, 3.05) is 0 Å². The van der Waals surface area contributed by atoms with Crippen molar-refractivity contribution in [1.82, 2.24) is 0 Å². The summed E-state index contributed by atoms with van der Waals surface area (Å²) in [6.07, 6.45) is -1.25. The third kappa shape index (κ3) is 0.950. The highest BCUT2D eigenvalue weighted by atomic mass is 19.1. The van der Waals surface area contributed by atoms with Gasteiger partial charge in [0.25, 0.3) is 0 Å². The quantitative estimate of drug-likeness (QED) is 0.575. The molecule has 0 radical (unpaired) electrons. The molecule has 0 amide bonds. The summed E-state index contributed by atoms with van der Waals surface area (Å²) in [6, 6.07) is 7.42. The molecule has 1 heterocycles. The first-order valence-corrected chi connectivity index (χ1v) is 4.02. The molecule has 0 bridgehead atoms. The normalized spacial score (nSPS) is 25.4. The molecule has 1 aromatic rings. The summed E-state index contributed by atoms with van der Waals surface area (Å²) in [7, 11) is 0. The van der Waals surface area contributed by atoms with Crippen molar-refractivity contribution in [2.24, 2.45) is 0 Å². The predicted octanol–water partition coefficient (Wildman–Crippen LogP) is 2.92. The Morgan fingerprint density at radius 2 is 2.00 bits per heavy atom. The molecule has 0 aliphatic carbocycles. The summed E-state index contributed by atoms with van der Waals surface area (Å²) >= 11 is 0. The molecule has 0 saturated carbocycles. The van der Waals surface area contributed by atoms with E-state index in [4.69, 9.17) is 4.74 Å². The van der Waals surface area contributed by atoms with E-state index in [-0.39, 0.29) is 0 Å². The number of hydrogen-bond donors (Lipinski definition) is 0. The number of ether oxygens (including phenoxy) is 1. The van der Waals surface area contributed by atoms with Crippen molar-refractivity contribution >= 4 is 0 Å². The lowest BCUT2D eigenvalue weighted by atomic mass is 9.96. The van der Waals surface area contributed by atoms with Gasteiger partial charge >= 0.3 is 0 Å². The van der Waals surface area contributed by atoms with Gasteiger partial charge in [0.1, 0.15) is 0 Å². The molecule has 1 unspecified atom stereocenters. The van der Waals surface area contributed by atoms with E-state index < -0.39 is 12.0 Å². The van der Waals surface area contributed by atoms with Crippen molar-refractivity contribution < 1.29 is 9.13 Å². The summed E-state index contributed by atoms with van der Waals surface area (Å²) in [6.45, 7) is 3.76. The summed E-state index contributed by atoms with van der Waals surface area (Å²) in [5.74, 6) is 0. The summed E-state index contributed by atoms with van der Waals surface area (Å²) in [5, 5.41) is 0. The number of hydrogen-bond acceptors (Lipinski definition) is 1. The Hall–Kier alpha value is -0.890. The molecule has 64 valence electrons. The van der Waals surface area contributed by atoms with Gasteiger partial charge in [-0.15, -0.1) is 0 Å². The molecular formula is C10H11FO. The van der Waals surface area contributed by atoms with Crippen LogP contribution in [0.5, 0.6) is 0 Å². The predicted molar refractivity (Wildman–Crippen MR) is 44.4 cm³/mol. The topological polar surface area (TPSA) is 9.23 Å². The van der Waals surface area contributed by atoms with E-state index in [0.29, 0.717) is 5.56 Å². The highest BCUT2D eigenvalue weighted by Gasteiger charge is 2.37. The average Bonchev–Trinajstić information content (AvgIpc) is 2.25. The fourth-order valence-electron chi connectivity index (χ4n) is 1.63. The zero-order chi connectivity index (χ0) is 8.77. The van der Waals surface area contributed by atoms with Gasteiger partial charge in [-0.2, -0.15) is 0 Å². The second-order valence-corrected chi connectivity index (χ2v) is 3.53. The van der Waals surface area contributed by atoms with Gasteiger partial charge < -0.3 is 4.74 Å². The van der Waals surface area contributed by atoms with Crippen LogP contribution in [0, 0.1) is 0 Å². The monoisotopic (exact) mass is 166 g/mol. The minimum absolute atomic E-state index is 0.476. The van der Waals surface area contributed by atoms with Crippen LogP contribution >= 0.6 is 0 Å². The Morgan fingerprint density at radius 3 is 2.67 bits per heavy atom. The maximum atomic E-state index is 13.2. The molecular weight excluding hydrogens is 155 g/mol. The summed E-state index contributed by atoms with van der Waals surface area (Å²) in [5.41, 5.74) is 1.15. The fraction of sp³-hybridized carbons (Fsp3) is 0.400. The van der Waals surface area contributed by atoms with Crippen LogP contribution in [0.3, 0.4) is 0 Å². The first-order chi connectivity index (χ1) is 5.61. The molecule has 0 N–H and O–H groups in total. The highest BCUT2D eigenvalue weighted by Crippen LogP contribution is 2.43. The van der Waals surface area contributed by atoms with Crippen molar-refractivity contribution in [3.05, 3.63) is 35.4 Å². The van der Waals surface area contributed by atoms with Gasteiger partial charge in [0.15, 0.2) is 0 Å². The third-order valence-electron chi connectivity index (χ3n) is 2.25. The van der Waals surface area contributed by atoms with E-state index in [1.807, 2.05) is 32.0 Å². The molecule has 1 aliphatic rings. The van der Waals surface area contributed by atoms with Crippen molar-refractivity contribution in [2.45, 2.75) is 25.8 Å². The Kier molecular flexibility index (Phi) is 1.48. The molecule has 1 aromatic carbocycles. The lowest BCUT2D eigenvalue weighted by Gasteiger charge is -2.17. The maximum absolute atomic E-state index is 13.2. The molecule has 0 aromatic heterocycles. The molecule has 12 heavy (non-hydrogen) atoms. The van der Waals surface area contributed by atoms with Crippen LogP contribution in [0.1, 0.15) is 31.3 Å². The molecule has 0 fully saturated rings. The zero-order valence-corrected chi connectivity index (χ0v) is 7.17. The van der Waals surface area contributed by atoms with Gasteiger partial charge in [-0.05, 0) is 19.4 Å². The number of benzene rings is 1. The van der Waals surface area contributed by atoms with E-state index in [1.54, 1.807) is 6.07 Å². The van der Waals surface area contributed by atoms with Crippen LogP contribution in [0.25, 0.3) is 0 Å². The minimum Gasteiger partial charge on any atom is -0.334 e. The molecule has 1 aliphatic heterocycles. The highest BCUT2D eigenvalue weighted by molar-refractivity contribution is 5.35. The van der Waals surface area contributed by atoms with Crippen LogP contribution < -0.4 is 0 Å². The fourth-order valence-corrected chi connectivity index (χ4v) is 1.63. The van der Waals surface area contributed by atoms with Crippen molar-refractivity contribution in [3.63, 3.8) is 0 Å². The number of fused-ring (bicyclic) bond motifs is 1. The third-order valence-corrected chi connectivity index (χ3v) is 2.25. The standard InChI is InChI=1S/C10H11FO/c1-10(2)8-6-4-3-5-7(8)9(11)12-10/h3-6,9H,1-2H3. The van der Waals surface area contributed by atoms with E-state index in [1.165, 1.54) is 0 Å². The van der Waals surface area contributed by atoms with Crippen LogP contribution in [0.4, 0.5) is 4.39 Å². The van der Waals surface area contributed by atoms with Crippen LogP contribution in [-0.4, -0.2) is 0 Å². The molecule has 0 saturated heterocycles. The largest absolute Gasteiger partial charge is 0.334 e. The Balaban J connectivity index is 2.58. The minimum atomic E-state index is -1.25. The first-order valence-electron chi connectivity index (χ1n) is 4.02. The molecule has 2 rings (SSSR count). The van der Waals surface area contributed by atoms with Crippen molar-refractivity contribution in [3.8, 4) is 0 Å². The average molecular weight is 166 g/mol. The SMILES string of the molecule is CC1(C)OC(F)c2ccccc21. The summed E-state index contributed by atoms with van der Waals surface area (Å²) < 4.78 is 18.3. The lowest BCUT2D eigenvalue weighted by molar-refractivity contribution is -0.114. The molecule has 1 atom stereocenters. The summed E-state index contributed by atoms with van der Waals surface area (Å²) in [4.78, 5) is 0.